The number of alkyl halides is 3. The number of methoxy groups -OCH3 is 1. The first kappa shape index (κ1) is 20.7. The molecule has 0 amide bonds. The van der Waals surface area contributed by atoms with Crippen LogP contribution in [0.5, 0.6) is 11.5 Å². The van der Waals surface area contributed by atoms with Crippen LogP contribution in [-0.4, -0.2) is 26.6 Å². The highest BCUT2D eigenvalue weighted by Gasteiger charge is 2.30. The number of nitrogens with zero attached hydrogens (tertiary/aromatic N) is 3. The molecule has 0 fully saturated rings. The molecule has 0 aliphatic rings. The third-order valence-corrected chi connectivity index (χ3v) is 5.01. The van der Waals surface area contributed by atoms with Gasteiger partial charge in [0.1, 0.15) is 11.5 Å². The summed E-state index contributed by atoms with van der Waals surface area (Å²) >= 11 is 0. The lowest BCUT2D eigenvalue weighted by Crippen LogP contribution is -2.04. The molecule has 31 heavy (non-hydrogen) atoms. The maximum atomic E-state index is 13.2. The second-order valence-corrected chi connectivity index (χ2v) is 7.46. The van der Waals surface area contributed by atoms with Crippen molar-refractivity contribution in [3.63, 3.8) is 0 Å². The number of benzene rings is 2. The van der Waals surface area contributed by atoms with Gasteiger partial charge in [0.15, 0.2) is 5.65 Å². The van der Waals surface area contributed by atoms with Crippen molar-refractivity contribution in [1.82, 2.24) is 14.4 Å². The van der Waals surface area contributed by atoms with Crippen molar-refractivity contribution in [2.24, 2.45) is 0 Å². The highest BCUT2D eigenvalue weighted by Crippen LogP contribution is 2.38. The number of aromatic hydroxyl groups is 1. The first-order chi connectivity index (χ1) is 14.7. The van der Waals surface area contributed by atoms with Crippen LogP contribution in [0.1, 0.15) is 31.0 Å². The van der Waals surface area contributed by atoms with Gasteiger partial charge in [0.05, 0.1) is 36.0 Å². The van der Waals surface area contributed by atoms with E-state index in [2.05, 4.69) is 9.97 Å². The molecule has 0 radical (unpaired) electrons. The Balaban J connectivity index is 1.96. The van der Waals surface area contributed by atoms with E-state index in [1.807, 2.05) is 13.8 Å². The van der Waals surface area contributed by atoms with E-state index in [1.165, 1.54) is 25.4 Å². The minimum atomic E-state index is -4.44. The van der Waals surface area contributed by atoms with Gasteiger partial charge in [0, 0.05) is 23.4 Å². The number of halogens is 3. The molecule has 4 rings (SSSR count). The van der Waals surface area contributed by atoms with Crippen LogP contribution in [0.25, 0.3) is 28.2 Å². The van der Waals surface area contributed by atoms with Crippen LogP contribution in [0, 0.1) is 0 Å². The number of phenols is 1. The molecule has 160 valence electrons. The number of rotatable bonds is 4. The summed E-state index contributed by atoms with van der Waals surface area (Å²) in [7, 11) is 1.51. The summed E-state index contributed by atoms with van der Waals surface area (Å²) in [6, 6.07) is 9.85. The molecule has 2 aromatic heterocycles. The molecular weight excluding hydrogens is 407 g/mol. The smallest absolute Gasteiger partial charge is 0.416 e. The maximum absolute atomic E-state index is 13.2. The second-order valence-electron chi connectivity index (χ2n) is 7.46. The number of hydrogen-bond acceptors (Lipinski definition) is 4. The molecule has 2 heterocycles. The Kier molecular flexibility index (Phi) is 5.08. The van der Waals surface area contributed by atoms with Gasteiger partial charge in [-0.3, -0.25) is 9.38 Å². The second kappa shape index (κ2) is 7.61. The average Bonchev–Trinajstić information content (AvgIpc) is 3.12. The van der Waals surface area contributed by atoms with Crippen molar-refractivity contribution in [3.05, 3.63) is 66.1 Å². The number of imidazole rings is 1. The lowest BCUT2D eigenvalue weighted by Gasteiger charge is -2.13. The van der Waals surface area contributed by atoms with E-state index in [-0.39, 0.29) is 11.7 Å². The highest BCUT2D eigenvalue weighted by molar-refractivity contribution is 5.75. The van der Waals surface area contributed by atoms with E-state index < -0.39 is 11.7 Å². The Bertz CT molecular complexity index is 1260. The molecule has 0 aliphatic carbocycles. The number of hydrogen-bond donors (Lipinski definition) is 1. The van der Waals surface area contributed by atoms with Crippen LogP contribution in [0.4, 0.5) is 13.2 Å². The monoisotopic (exact) mass is 427 g/mol. The number of aromatic nitrogens is 3. The van der Waals surface area contributed by atoms with E-state index in [1.54, 1.807) is 28.8 Å². The maximum Gasteiger partial charge on any atom is 0.416 e. The molecule has 0 bridgehead atoms. The molecule has 0 atom stereocenters. The van der Waals surface area contributed by atoms with Crippen LogP contribution >= 0.6 is 0 Å². The van der Waals surface area contributed by atoms with Crippen molar-refractivity contribution in [2.75, 3.05) is 7.11 Å². The van der Waals surface area contributed by atoms with Crippen molar-refractivity contribution >= 4 is 5.65 Å². The van der Waals surface area contributed by atoms with E-state index in [9.17, 15) is 18.3 Å². The quantitative estimate of drug-likeness (QED) is 0.439. The molecule has 0 spiro atoms. The fraction of sp³-hybridized carbons (Fsp3) is 0.217. The molecule has 0 unspecified atom stereocenters. The third kappa shape index (κ3) is 3.81. The van der Waals surface area contributed by atoms with E-state index in [0.717, 1.165) is 23.5 Å². The predicted octanol–water partition coefficient (Wildman–Crippen LogP) is 5.92. The van der Waals surface area contributed by atoms with Crippen LogP contribution in [0.2, 0.25) is 0 Å². The van der Waals surface area contributed by atoms with Crippen LogP contribution in [0.15, 0.2) is 54.9 Å². The van der Waals surface area contributed by atoms with E-state index in [4.69, 9.17) is 4.74 Å². The van der Waals surface area contributed by atoms with Gasteiger partial charge in [-0.2, -0.15) is 13.2 Å². The van der Waals surface area contributed by atoms with Crippen molar-refractivity contribution in [1.29, 1.82) is 0 Å². The fourth-order valence-electron chi connectivity index (χ4n) is 3.52. The molecule has 0 saturated carbocycles. The Morgan fingerprint density at radius 2 is 1.87 bits per heavy atom. The molecule has 5 nitrogen and oxygen atoms in total. The SMILES string of the molecule is COc1cc(O)ccc1-c1c(C(C)C)nc2cnc(-c3cccc(C(F)(F)F)c3)cn12. The minimum absolute atomic E-state index is 0.0606. The standard InChI is InChI=1S/C23H20F3N3O2/c1-13(2)21-22(17-8-7-16(30)10-19(17)31-3)29-12-18(27-11-20(29)28-21)14-5-4-6-15(9-14)23(24,25)26/h4-13,30H,1-3H3. The third-order valence-electron chi connectivity index (χ3n) is 5.01. The van der Waals surface area contributed by atoms with Crippen LogP contribution in [0.3, 0.4) is 0 Å². The Hall–Kier alpha value is -3.55. The van der Waals surface area contributed by atoms with Gasteiger partial charge in [-0.15, -0.1) is 0 Å². The van der Waals surface area contributed by atoms with Gasteiger partial charge >= 0.3 is 6.18 Å². The Labute approximate surface area is 176 Å². The van der Waals surface area contributed by atoms with Gasteiger partial charge in [-0.25, -0.2) is 4.98 Å². The Morgan fingerprint density at radius 3 is 2.55 bits per heavy atom. The molecule has 4 aromatic rings. The summed E-state index contributed by atoms with van der Waals surface area (Å²) in [5, 5.41) is 9.84. The molecule has 8 heteroatoms. The lowest BCUT2D eigenvalue weighted by molar-refractivity contribution is -0.137. The molecule has 0 saturated heterocycles. The summed E-state index contributed by atoms with van der Waals surface area (Å²) in [5.74, 6) is 0.582. The Morgan fingerprint density at radius 1 is 1.10 bits per heavy atom. The molecular formula is C23H20F3N3O2. The van der Waals surface area contributed by atoms with Gasteiger partial charge in [-0.05, 0) is 30.2 Å². The summed E-state index contributed by atoms with van der Waals surface area (Å²) < 4.78 is 46.7. The largest absolute Gasteiger partial charge is 0.508 e. The normalized spacial score (nSPS) is 12.0. The zero-order valence-electron chi connectivity index (χ0n) is 17.1. The summed E-state index contributed by atoms with van der Waals surface area (Å²) in [6.07, 6.45) is -1.23. The topological polar surface area (TPSA) is 59.7 Å². The number of fused-ring (bicyclic) bond motifs is 1. The van der Waals surface area contributed by atoms with E-state index >= 15 is 0 Å². The summed E-state index contributed by atoms with van der Waals surface area (Å²) in [5.41, 5.74) is 2.78. The first-order valence-corrected chi connectivity index (χ1v) is 9.62. The van der Waals surface area contributed by atoms with Crippen molar-refractivity contribution < 1.29 is 23.0 Å². The summed E-state index contributed by atoms with van der Waals surface area (Å²) in [6.45, 7) is 4.00. The summed E-state index contributed by atoms with van der Waals surface area (Å²) in [4.78, 5) is 9.02. The lowest BCUT2D eigenvalue weighted by atomic mass is 10.0. The fourth-order valence-corrected chi connectivity index (χ4v) is 3.52. The zero-order chi connectivity index (χ0) is 22.3. The van der Waals surface area contributed by atoms with Gasteiger partial charge < -0.3 is 9.84 Å². The zero-order valence-corrected chi connectivity index (χ0v) is 17.1. The first-order valence-electron chi connectivity index (χ1n) is 9.62. The van der Waals surface area contributed by atoms with Crippen LogP contribution in [-0.2, 0) is 6.18 Å². The molecule has 0 aliphatic heterocycles. The average molecular weight is 427 g/mol. The minimum Gasteiger partial charge on any atom is -0.508 e. The van der Waals surface area contributed by atoms with Crippen molar-refractivity contribution in [2.45, 2.75) is 25.9 Å². The number of phenolic OH excluding ortho intramolecular Hbond substituents is 1. The van der Waals surface area contributed by atoms with E-state index in [0.29, 0.717) is 28.2 Å². The van der Waals surface area contributed by atoms with Crippen molar-refractivity contribution in [3.8, 4) is 34.0 Å². The van der Waals surface area contributed by atoms with Gasteiger partial charge in [0.2, 0.25) is 0 Å². The van der Waals surface area contributed by atoms with Gasteiger partial charge in [0.25, 0.3) is 0 Å². The number of ether oxygens (including phenoxy) is 1. The molecule has 1 N–H and O–H groups in total. The predicted molar refractivity (Wildman–Crippen MR) is 111 cm³/mol. The van der Waals surface area contributed by atoms with Crippen LogP contribution < -0.4 is 4.74 Å². The molecule has 2 aromatic carbocycles. The van der Waals surface area contributed by atoms with Gasteiger partial charge in [-0.1, -0.05) is 26.0 Å². The highest BCUT2D eigenvalue weighted by atomic mass is 19.4.